The number of thiophene rings is 1. The third kappa shape index (κ3) is 2.54. The smallest absolute Gasteiger partial charge is 0.138 e. The van der Waals surface area contributed by atoms with Crippen molar-refractivity contribution in [2.24, 2.45) is 5.73 Å². The molecular weight excluding hydrogens is 248 g/mol. The molecule has 0 aliphatic rings. The summed E-state index contributed by atoms with van der Waals surface area (Å²) in [5.74, 6) is 1.76. The molecule has 0 spiro atoms. The molecule has 98 valence electrons. The summed E-state index contributed by atoms with van der Waals surface area (Å²) in [4.78, 5) is 5.33. The Hall–Kier alpha value is -1.40. The first-order chi connectivity index (χ1) is 8.63. The van der Waals surface area contributed by atoms with Crippen molar-refractivity contribution >= 4 is 11.3 Å². The Morgan fingerprint density at radius 3 is 2.94 bits per heavy atom. The van der Waals surface area contributed by atoms with Gasteiger partial charge in [0, 0.05) is 18.5 Å². The van der Waals surface area contributed by atoms with Gasteiger partial charge in [0.05, 0.1) is 12.0 Å². The number of rotatable bonds is 5. The van der Waals surface area contributed by atoms with Crippen molar-refractivity contribution in [3.63, 3.8) is 0 Å². The van der Waals surface area contributed by atoms with E-state index < -0.39 is 0 Å². The molecule has 0 aliphatic heterocycles. The monoisotopic (exact) mass is 266 g/mol. The third-order valence-corrected chi connectivity index (χ3v) is 3.78. The van der Waals surface area contributed by atoms with Crippen molar-refractivity contribution in [2.75, 3.05) is 7.11 Å². The molecule has 18 heavy (non-hydrogen) atoms. The highest BCUT2D eigenvalue weighted by Gasteiger charge is 2.17. The van der Waals surface area contributed by atoms with Crippen LogP contribution in [0.3, 0.4) is 0 Å². The van der Waals surface area contributed by atoms with Crippen LogP contribution in [0.15, 0.2) is 17.8 Å². The molecule has 2 heterocycles. The summed E-state index contributed by atoms with van der Waals surface area (Å²) in [5, 5.41) is 6.20. The van der Waals surface area contributed by atoms with Gasteiger partial charge in [-0.1, -0.05) is 0 Å². The van der Waals surface area contributed by atoms with Crippen LogP contribution in [-0.4, -0.2) is 21.9 Å². The zero-order chi connectivity index (χ0) is 13.1. The molecular formula is C12H18N4OS. The molecule has 2 aromatic heterocycles. The van der Waals surface area contributed by atoms with Gasteiger partial charge < -0.3 is 10.5 Å². The second-order valence-corrected chi connectivity index (χ2v) is 5.33. The molecule has 0 radical (unpaired) electrons. The average molecular weight is 266 g/mol. The van der Waals surface area contributed by atoms with Crippen molar-refractivity contribution in [1.29, 1.82) is 0 Å². The molecule has 2 N–H and O–H groups in total. The van der Waals surface area contributed by atoms with Crippen LogP contribution >= 0.6 is 11.3 Å². The SMILES string of the molecule is COc1ccsc1C(N)Cc1ncnn1C(C)C. The van der Waals surface area contributed by atoms with E-state index in [0.717, 1.165) is 16.5 Å². The number of nitrogens with zero attached hydrogens (tertiary/aromatic N) is 3. The Morgan fingerprint density at radius 2 is 2.28 bits per heavy atom. The normalized spacial score (nSPS) is 12.9. The van der Waals surface area contributed by atoms with Crippen LogP contribution in [0.2, 0.25) is 0 Å². The number of hydrogen-bond donors (Lipinski definition) is 1. The van der Waals surface area contributed by atoms with Crippen LogP contribution < -0.4 is 10.5 Å². The van der Waals surface area contributed by atoms with Gasteiger partial charge in [0.15, 0.2) is 0 Å². The number of nitrogens with two attached hydrogens (primary N) is 1. The quantitative estimate of drug-likeness (QED) is 0.900. The second kappa shape index (κ2) is 5.49. The van der Waals surface area contributed by atoms with Crippen molar-refractivity contribution in [1.82, 2.24) is 14.8 Å². The summed E-state index contributed by atoms with van der Waals surface area (Å²) < 4.78 is 7.19. The van der Waals surface area contributed by atoms with Gasteiger partial charge in [-0.15, -0.1) is 11.3 Å². The van der Waals surface area contributed by atoms with E-state index in [1.807, 2.05) is 16.1 Å². The zero-order valence-electron chi connectivity index (χ0n) is 10.8. The van der Waals surface area contributed by atoms with E-state index in [-0.39, 0.29) is 6.04 Å². The van der Waals surface area contributed by atoms with E-state index in [4.69, 9.17) is 10.5 Å². The number of aromatic nitrogens is 3. The lowest BCUT2D eigenvalue weighted by Gasteiger charge is -2.14. The lowest BCUT2D eigenvalue weighted by molar-refractivity contribution is 0.407. The van der Waals surface area contributed by atoms with Gasteiger partial charge in [-0.05, 0) is 25.3 Å². The Kier molecular flexibility index (Phi) is 3.98. The first-order valence-corrected chi connectivity index (χ1v) is 6.76. The van der Waals surface area contributed by atoms with Gasteiger partial charge in [0.2, 0.25) is 0 Å². The lowest BCUT2D eigenvalue weighted by Crippen LogP contribution is -2.17. The molecule has 2 rings (SSSR count). The Bertz CT molecular complexity index is 506. The minimum Gasteiger partial charge on any atom is -0.496 e. The predicted octanol–water partition coefficient (Wildman–Crippen LogP) is 2.17. The van der Waals surface area contributed by atoms with Crippen LogP contribution in [0.1, 0.15) is 36.6 Å². The fraction of sp³-hybridized carbons (Fsp3) is 0.500. The molecule has 2 aromatic rings. The van der Waals surface area contributed by atoms with Gasteiger partial charge in [0.1, 0.15) is 17.9 Å². The highest BCUT2D eigenvalue weighted by atomic mass is 32.1. The summed E-state index contributed by atoms with van der Waals surface area (Å²) in [5.41, 5.74) is 6.23. The molecule has 0 aliphatic carbocycles. The topological polar surface area (TPSA) is 66.0 Å². The molecule has 6 heteroatoms. The van der Waals surface area contributed by atoms with E-state index in [1.54, 1.807) is 24.8 Å². The van der Waals surface area contributed by atoms with Crippen LogP contribution in [0.4, 0.5) is 0 Å². The fourth-order valence-corrected chi connectivity index (χ4v) is 2.75. The highest BCUT2D eigenvalue weighted by molar-refractivity contribution is 7.10. The van der Waals surface area contributed by atoms with Crippen LogP contribution in [0, 0.1) is 0 Å². The Balaban J connectivity index is 2.16. The maximum Gasteiger partial charge on any atom is 0.138 e. The molecule has 0 saturated carbocycles. The zero-order valence-corrected chi connectivity index (χ0v) is 11.6. The first kappa shape index (κ1) is 13.0. The third-order valence-electron chi connectivity index (χ3n) is 2.75. The fourth-order valence-electron chi connectivity index (χ4n) is 1.89. The first-order valence-electron chi connectivity index (χ1n) is 5.88. The van der Waals surface area contributed by atoms with Crippen molar-refractivity contribution in [3.05, 3.63) is 28.5 Å². The van der Waals surface area contributed by atoms with Gasteiger partial charge in [0.25, 0.3) is 0 Å². The van der Waals surface area contributed by atoms with E-state index in [1.165, 1.54) is 0 Å². The van der Waals surface area contributed by atoms with Gasteiger partial charge in [-0.2, -0.15) is 5.10 Å². The molecule has 1 unspecified atom stereocenters. The van der Waals surface area contributed by atoms with E-state index >= 15 is 0 Å². The number of hydrogen-bond acceptors (Lipinski definition) is 5. The summed E-state index contributed by atoms with van der Waals surface area (Å²) >= 11 is 1.61. The van der Waals surface area contributed by atoms with Crippen LogP contribution in [0.5, 0.6) is 5.75 Å². The van der Waals surface area contributed by atoms with Gasteiger partial charge in [-0.3, -0.25) is 0 Å². The van der Waals surface area contributed by atoms with Crippen molar-refractivity contribution in [2.45, 2.75) is 32.4 Å². The van der Waals surface area contributed by atoms with Crippen LogP contribution in [0.25, 0.3) is 0 Å². The summed E-state index contributed by atoms with van der Waals surface area (Å²) in [6.07, 6.45) is 2.24. The summed E-state index contributed by atoms with van der Waals surface area (Å²) in [6, 6.07) is 2.12. The van der Waals surface area contributed by atoms with Crippen molar-refractivity contribution < 1.29 is 4.74 Å². The molecule has 0 fully saturated rings. The molecule has 0 bridgehead atoms. The predicted molar refractivity (Wildman–Crippen MR) is 71.9 cm³/mol. The lowest BCUT2D eigenvalue weighted by atomic mass is 10.1. The number of methoxy groups -OCH3 is 1. The minimum absolute atomic E-state index is 0.110. The maximum atomic E-state index is 6.23. The molecule has 1 atom stereocenters. The Morgan fingerprint density at radius 1 is 1.50 bits per heavy atom. The molecule has 0 saturated heterocycles. The number of ether oxygens (including phenoxy) is 1. The average Bonchev–Trinajstić information content (AvgIpc) is 2.96. The molecule has 0 amide bonds. The minimum atomic E-state index is -0.110. The van der Waals surface area contributed by atoms with E-state index in [2.05, 4.69) is 23.9 Å². The largest absolute Gasteiger partial charge is 0.496 e. The van der Waals surface area contributed by atoms with Gasteiger partial charge in [-0.25, -0.2) is 9.67 Å². The van der Waals surface area contributed by atoms with E-state index in [0.29, 0.717) is 12.5 Å². The molecule has 5 nitrogen and oxygen atoms in total. The molecule has 0 aromatic carbocycles. The Labute approximate surface area is 111 Å². The standard InChI is InChI=1S/C12H18N4OS/c1-8(2)16-11(14-7-15-16)6-9(13)12-10(17-3)4-5-18-12/h4-5,7-9H,6,13H2,1-3H3. The van der Waals surface area contributed by atoms with Gasteiger partial charge >= 0.3 is 0 Å². The summed E-state index contributed by atoms with van der Waals surface area (Å²) in [6.45, 7) is 4.16. The second-order valence-electron chi connectivity index (χ2n) is 4.38. The summed E-state index contributed by atoms with van der Waals surface area (Å²) in [7, 11) is 1.66. The highest BCUT2D eigenvalue weighted by Crippen LogP contribution is 2.31. The van der Waals surface area contributed by atoms with Crippen LogP contribution in [-0.2, 0) is 6.42 Å². The van der Waals surface area contributed by atoms with Crippen molar-refractivity contribution in [3.8, 4) is 5.75 Å². The maximum absolute atomic E-state index is 6.23. The van der Waals surface area contributed by atoms with E-state index in [9.17, 15) is 0 Å².